The van der Waals surface area contributed by atoms with Gasteiger partial charge in [0.1, 0.15) is 6.04 Å². The first-order valence-corrected chi connectivity index (χ1v) is 2.30. The van der Waals surface area contributed by atoms with Crippen molar-refractivity contribution in [3.63, 3.8) is 0 Å². The second kappa shape index (κ2) is 1.81. The highest BCUT2D eigenvalue weighted by molar-refractivity contribution is 5.79. The van der Waals surface area contributed by atoms with Gasteiger partial charge in [-0.1, -0.05) is 0 Å². The van der Waals surface area contributed by atoms with Crippen molar-refractivity contribution < 1.29 is 9.90 Å². The summed E-state index contributed by atoms with van der Waals surface area (Å²) in [5, 5.41) is 11.8. The Bertz CT molecular complexity index is 124. The van der Waals surface area contributed by atoms with E-state index in [0.29, 0.717) is 6.42 Å². The molecular formula is C4H6N2O2. The molecule has 0 saturated heterocycles. The molecule has 0 saturated carbocycles. The van der Waals surface area contributed by atoms with Crippen LogP contribution in [0, 0.1) is 0 Å². The maximum atomic E-state index is 10.1. The number of nitrogens with one attached hydrogen (secondary N) is 1. The fourth-order valence-electron chi connectivity index (χ4n) is 0.510. The summed E-state index contributed by atoms with van der Waals surface area (Å²) in [4.78, 5) is 10.1. The maximum Gasteiger partial charge on any atom is 0.328 e. The highest BCUT2D eigenvalue weighted by Crippen LogP contribution is 1.94. The van der Waals surface area contributed by atoms with Crippen molar-refractivity contribution in [2.45, 2.75) is 12.5 Å². The Morgan fingerprint density at radius 2 is 2.75 bits per heavy atom. The molecule has 2 N–H and O–H groups in total. The van der Waals surface area contributed by atoms with Crippen molar-refractivity contribution >= 4 is 12.2 Å². The standard InChI is InChI=1S/C4H6N2O2/c7-4(8)3-1-2-5-6-3/h2-3,6H,1H2,(H,7,8)/t3-/m1/s1. The number of nitrogens with zero attached hydrogens (tertiary/aromatic N) is 1. The summed E-state index contributed by atoms with van der Waals surface area (Å²) in [5.41, 5.74) is 2.43. The van der Waals surface area contributed by atoms with E-state index >= 15 is 0 Å². The van der Waals surface area contributed by atoms with Crippen molar-refractivity contribution in [1.82, 2.24) is 5.43 Å². The molecule has 0 spiro atoms. The van der Waals surface area contributed by atoms with Crippen molar-refractivity contribution in [2.24, 2.45) is 5.10 Å². The van der Waals surface area contributed by atoms with Gasteiger partial charge in [0.25, 0.3) is 0 Å². The summed E-state index contributed by atoms with van der Waals surface area (Å²) < 4.78 is 0. The van der Waals surface area contributed by atoms with Gasteiger partial charge < -0.3 is 5.11 Å². The van der Waals surface area contributed by atoms with Gasteiger partial charge in [-0.15, -0.1) is 0 Å². The van der Waals surface area contributed by atoms with E-state index in [1.165, 1.54) is 0 Å². The van der Waals surface area contributed by atoms with Crippen LogP contribution in [0.25, 0.3) is 0 Å². The second-order valence-electron chi connectivity index (χ2n) is 1.57. The molecule has 0 aromatic rings. The first kappa shape index (κ1) is 5.08. The van der Waals surface area contributed by atoms with Gasteiger partial charge in [-0.2, -0.15) is 5.10 Å². The lowest BCUT2D eigenvalue weighted by Crippen LogP contribution is -2.28. The summed E-state index contributed by atoms with van der Waals surface area (Å²) in [6.07, 6.45) is 2.05. The van der Waals surface area contributed by atoms with Crippen molar-refractivity contribution in [1.29, 1.82) is 0 Å². The van der Waals surface area contributed by atoms with Crippen LogP contribution in [-0.2, 0) is 4.79 Å². The largest absolute Gasteiger partial charge is 0.480 e. The Morgan fingerprint density at radius 1 is 2.00 bits per heavy atom. The van der Waals surface area contributed by atoms with Gasteiger partial charge in [-0.3, -0.25) is 5.43 Å². The molecule has 0 amide bonds. The predicted octanol–water partition coefficient (Wildman–Crippen LogP) is -0.581. The summed E-state index contributed by atoms with van der Waals surface area (Å²) in [7, 11) is 0. The van der Waals surface area contributed by atoms with Gasteiger partial charge in [0.2, 0.25) is 0 Å². The molecule has 1 aliphatic rings. The number of hydrazone groups is 1. The van der Waals surface area contributed by atoms with Crippen LogP contribution < -0.4 is 5.43 Å². The number of aliphatic carboxylic acids is 1. The highest BCUT2D eigenvalue weighted by atomic mass is 16.4. The number of carbonyl (C=O) groups is 1. The molecular weight excluding hydrogens is 108 g/mol. The fourth-order valence-corrected chi connectivity index (χ4v) is 0.510. The first-order chi connectivity index (χ1) is 3.80. The first-order valence-electron chi connectivity index (χ1n) is 2.30. The number of carboxylic acids is 1. The molecule has 44 valence electrons. The zero-order valence-electron chi connectivity index (χ0n) is 4.16. The molecule has 1 aliphatic heterocycles. The lowest BCUT2D eigenvalue weighted by Gasteiger charge is -1.99. The Kier molecular flexibility index (Phi) is 1.15. The molecule has 1 heterocycles. The van der Waals surface area contributed by atoms with Crippen LogP contribution in [0.2, 0.25) is 0 Å². The third-order valence-corrected chi connectivity index (χ3v) is 0.961. The number of hydrogen-bond donors (Lipinski definition) is 2. The van der Waals surface area contributed by atoms with E-state index in [1.807, 2.05) is 0 Å². The minimum atomic E-state index is -0.845. The molecule has 0 aromatic carbocycles. The van der Waals surface area contributed by atoms with Crippen LogP contribution in [-0.4, -0.2) is 23.3 Å². The molecule has 4 heteroatoms. The normalized spacial score (nSPS) is 25.2. The van der Waals surface area contributed by atoms with Crippen LogP contribution >= 0.6 is 0 Å². The predicted molar refractivity (Wildman–Crippen MR) is 27.7 cm³/mol. The topological polar surface area (TPSA) is 61.7 Å². The van der Waals surface area contributed by atoms with Crippen LogP contribution in [0.1, 0.15) is 6.42 Å². The molecule has 4 nitrogen and oxygen atoms in total. The van der Waals surface area contributed by atoms with Gasteiger partial charge in [0, 0.05) is 12.6 Å². The Balaban J connectivity index is 2.41. The highest BCUT2D eigenvalue weighted by Gasteiger charge is 2.17. The van der Waals surface area contributed by atoms with Crippen molar-refractivity contribution in [3.8, 4) is 0 Å². The van der Waals surface area contributed by atoms with E-state index in [-0.39, 0.29) is 0 Å². The summed E-state index contributed by atoms with van der Waals surface area (Å²) in [5.74, 6) is -0.845. The summed E-state index contributed by atoms with van der Waals surface area (Å²) >= 11 is 0. The Morgan fingerprint density at radius 3 is 3.00 bits per heavy atom. The number of hydrogen-bond acceptors (Lipinski definition) is 3. The zero-order valence-corrected chi connectivity index (χ0v) is 4.16. The van der Waals surface area contributed by atoms with E-state index in [4.69, 9.17) is 5.11 Å². The SMILES string of the molecule is O=C(O)[C@H]1CC=NN1. The van der Waals surface area contributed by atoms with E-state index in [9.17, 15) is 4.79 Å². The van der Waals surface area contributed by atoms with Crippen molar-refractivity contribution in [2.75, 3.05) is 0 Å². The quantitative estimate of drug-likeness (QED) is 0.479. The van der Waals surface area contributed by atoms with Crippen LogP contribution in [0.3, 0.4) is 0 Å². The van der Waals surface area contributed by atoms with Gasteiger partial charge in [0.15, 0.2) is 0 Å². The number of carboxylic acid groups (broad SMARTS) is 1. The molecule has 0 aliphatic carbocycles. The van der Waals surface area contributed by atoms with Gasteiger partial charge in [-0.25, -0.2) is 4.79 Å². The smallest absolute Gasteiger partial charge is 0.328 e. The van der Waals surface area contributed by atoms with Crippen molar-refractivity contribution in [3.05, 3.63) is 0 Å². The molecule has 8 heavy (non-hydrogen) atoms. The molecule has 0 fully saturated rings. The summed E-state index contributed by atoms with van der Waals surface area (Å²) in [6, 6.07) is -0.491. The molecule has 1 atom stereocenters. The monoisotopic (exact) mass is 114 g/mol. The van der Waals surface area contributed by atoms with E-state index in [0.717, 1.165) is 0 Å². The second-order valence-corrected chi connectivity index (χ2v) is 1.57. The molecule has 0 bridgehead atoms. The van der Waals surface area contributed by atoms with Gasteiger partial charge in [-0.05, 0) is 0 Å². The zero-order chi connectivity index (χ0) is 5.98. The fraction of sp³-hybridized carbons (Fsp3) is 0.500. The van der Waals surface area contributed by atoms with Crippen LogP contribution in [0.4, 0.5) is 0 Å². The van der Waals surface area contributed by atoms with E-state index in [1.54, 1.807) is 6.21 Å². The third kappa shape index (κ3) is 0.776. The molecule has 0 aromatic heterocycles. The van der Waals surface area contributed by atoms with E-state index < -0.39 is 12.0 Å². The summed E-state index contributed by atoms with van der Waals surface area (Å²) in [6.45, 7) is 0. The average molecular weight is 114 g/mol. The van der Waals surface area contributed by atoms with Gasteiger partial charge in [0.05, 0.1) is 0 Å². The lowest BCUT2D eigenvalue weighted by molar-refractivity contribution is -0.139. The molecule has 1 rings (SSSR count). The maximum absolute atomic E-state index is 10.1. The van der Waals surface area contributed by atoms with Crippen LogP contribution in [0.15, 0.2) is 5.10 Å². The molecule has 0 radical (unpaired) electrons. The molecule has 0 unspecified atom stereocenters. The lowest BCUT2D eigenvalue weighted by atomic mass is 10.2. The minimum absolute atomic E-state index is 0.491. The third-order valence-electron chi connectivity index (χ3n) is 0.961. The van der Waals surface area contributed by atoms with Gasteiger partial charge >= 0.3 is 5.97 Å². The Hall–Kier alpha value is -1.06. The number of rotatable bonds is 1. The van der Waals surface area contributed by atoms with E-state index in [2.05, 4.69) is 10.5 Å². The average Bonchev–Trinajstić information content (AvgIpc) is 2.12. The van der Waals surface area contributed by atoms with Crippen LogP contribution in [0.5, 0.6) is 0 Å². The Labute approximate surface area is 46.2 Å². The minimum Gasteiger partial charge on any atom is -0.480 e.